The molecule has 2 aromatic rings. The number of esters is 1. The molecule has 1 atom stereocenters. The van der Waals surface area contributed by atoms with Crippen molar-refractivity contribution in [1.82, 2.24) is 4.98 Å². The molecule has 0 radical (unpaired) electrons. The van der Waals surface area contributed by atoms with Crippen LogP contribution >= 0.6 is 11.3 Å². The summed E-state index contributed by atoms with van der Waals surface area (Å²) in [6, 6.07) is 3.07. The van der Waals surface area contributed by atoms with Crippen molar-refractivity contribution in [1.29, 1.82) is 0 Å². The lowest BCUT2D eigenvalue weighted by atomic mass is 9.94. The van der Waals surface area contributed by atoms with Crippen molar-refractivity contribution >= 4 is 28.3 Å². The van der Waals surface area contributed by atoms with Gasteiger partial charge in [0.05, 0.1) is 26.9 Å². The summed E-state index contributed by atoms with van der Waals surface area (Å²) in [5, 5.41) is 2.47. The van der Waals surface area contributed by atoms with Gasteiger partial charge in [0.25, 0.3) is 5.91 Å². The van der Waals surface area contributed by atoms with E-state index in [2.05, 4.69) is 4.98 Å². The Hall–Kier alpha value is -2.81. The Balaban J connectivity index is 1.80. The number of rotatable bonds is 8. The summed E-state index contributed by atoms with van der Waals surface area (Å²) in [4.78, 5) is 32.2. The lowest BCUT2D eigenvalue weighted by molar-refractivity contribution is -0.127. The number of amides is 1. The van der Waals surface area contributed by atoms with Crippen LogP contribution in [0.25, 0.3) is 0 Å². The summed E-state index contributed by atoms with van der Waals surface area (Å²) in [6.45, 7) is 1.58. The van der Waals surface area contributed by atoms with Crippen molar-refractivity contribution in [3.8, 4) is 17.2 Å². The molecule has 1 fully saturated rings. The van der Waals surface area contributed by atoms with Crippen molar-refractivity contribution in [2.45, 2.75) is 51.2 Å². The van der Waals surface area contributed by atoms with Crippen LogP contribution in [0.4, 0.5) is 5.13 Å². The molecule has 8 nitrogen and oxygen atoms in total. The van der Waals surface area contributed by atoms with Crippen molar-refractivity contribution in [3.05, 3.63) is 29.3 Å². The van der Waals surface area contributed by atoms with Crippen LogP contribution in [0.5, 0.6) is 17.2 Å². The van der Waals surface area contributed by atoms with Gasteiger partial charge in [0.1, 0.15) is 0 Å². The van der Waals surface area contributed by atoms with Crippen molar-refractivity contribution in [2.24, 2.45) is 0 Å². The number of carbonyl (C=O) groups is 2. The second-order valence-electron chi connectivity index (χ2n) is 7.28. The summed E-state index contributed by atoms with van der Waals surface area (Å²) in [5.74, 6) is 0.113. The minimum atomic E-state index is -0.975. The third kappa shape index (κ3) is 5.10. The average molecular weight is 449 g/mol. The molecule has 1 amide bonds. The van der Waals surface area contributed by atoms with Gasteiger partial charge >= 0.3 is 5.97 Å². The van der Waals surface area contributed by atoms with Gasteiger partial charge < -0.3 is 18.9 Å². The molecule has 0 spiro atoms. The number of anilines is 1. The van der Waals surface area contributed by atoms with E-state index in [1.165, 1.54) is 51.2 Å². The van der Waals surface area contributed by atoms with Gasteiger partial charge in [-0.3, -0.25) is 9.69 Å². The third-order valence-electron chi connectivity index (χ3n) is 5.33. The molecule has 168 valence electrons. The van der Waals surface area contributed by atoms with Crippen LogP contribution in [-0.4, -0.2) is 50.3 Å². The molecule has 1 aliphatic carbocycles. The highest BCUT2D eigenvalue weighted by molar-refractivity contribution is 7.13. The largest absolute Gasteiger partial charge is 0.493 e. The lowest BCUT2D eigenvalue weighted by Crippen LogP contribution is -2.47. The Morgan fingerprint density at radius 1 is 1.06 bits per heavy atom. The van der Waals surface area contributed by atoms with Crippen LogP contribution in [0, 0.1) is 0 Å². The highest BCUT2D eigenvalue weighted by atomic mass is 32.1. The molecule has 1 aliphatic rings. The fraction of sp³-hybridized carbons (Fsp3) is 0.500. The van der Waals surface area contributed by atoms with E-state index >= 15 is 0 Å². The number of thiazole rings is 1. The first-order chi connectivity index (χ1) is 15.0. The fourth-order valence-corrected chi connectivity index (χ4v) is 4.50. The first kappa shape index (κ1) is 22.9. The first-order valence-electron chi connectivity index (χ1n) is 10.2. The zero-order valence-electron chi connectivity index (χ0n) is 18.3. The molecule has 3 rings (SSSR count). The summed E-state index contributed by atoms with van der Waals surface area (Å²) >= 11 is 1.41. The number of hydrogen-bond acceptors (Lipinski definition) is 8. The van der Waals surface area contributed by atoms with Gasteiger partial charge in [0, 0.05) is 17.6 Å². The van der Waals surface area contributed by atoms with E-state index in [1.54, 1.807) is 18.0 Å². The normalized spacial score (nSPS) is 15.1. The van der Waals surface area contributed by atoms with E-state index in [1.807, 2.05) is 5.38 Å². The maximum absolute atomic E-state index is 13.3. The zero-order chi connectivity index (χ0) is 22.4. The molecule has 0 N–H and O–H groups in total. The summed E-state index contributed by atoms with van der Waals surface area (Å²) in [5.41, 5.74) is 0.201. The van der Waals surface area contributed by atoms with Crippen LogP contribution in [-0.2, 0) is 9.53 Å². The van der Waals surface area contributed by atoms with Gasteiger partial charge in [-0.15, -0.1) is 11.3 Å². The summed E-state index contributed by atoms with van der Waals surface area (Å²) in [7, 11) is 4.42. The Morgan fingerprint density at radius 3 is 2.23 bits per heavy atom. The maximum Gasteiger partial charge on any atom is 0.339 e. The number of benzene rings is 1. The molecule has 0 aliphatic heterocycles. The second-order valence-corrected chi connectivity index (χ2v) is 8.15. The molecule has 0 unspecified atom stereocenters. The molecule has 1 heterocycles. The topological polar surface area (TPSA) is 87.2 Å². The quantitative estimate of drug-likeness (QED) is 0.562. The van der Waals surface area contributed by atoms with Crippen molar-refractivity contribution in [2.75, 3.05) is 26.2 Å². The summed E-state index contributed by atoms with van der Waals surface area (Å²) in [6.07, 6.45) is 5.84. The van der Waals surface area contributed by atoms with E-state index in [4.69, 9.17) is 18.9 Å². The van der Waals surface area contributed by atoms with Gasteiger partial charge in [-0.1, -0.05) is 19.3 Å². The van der Waals surface area contributed by atoms with Crippen molar-refractivity contribution < 1.29 is 28.5 Å². The Morgan fingerprint density at radius 2 is 1.71 bits per heavy atom. The van der Waals surface area contributed by atoms with Crippen LogP contribution in [0.1, 0.15) is 49.4 Å². The van der Waals surface area contributed by atoms with Crippen molar-refractivity contribution in [3.63, 3.8) is 0 Å². The predicted molar refractivity (Wildman–Crippen MR) is 117 cm³/mol. The minimum absolute atomic E-state index is 0.0646. The summed E-state index contributed by atoms with van der Waals surface area (Å²) < 4.78 is 21.4. The number of hydrogen-bond donors (Lipinski definition) is 0. The van der Waals surface area contributed by atoms with E-state index in [9.17, 15) is 9.59 Å². The number of carbonyl (C=O) groups excluding carboxylic acids is 2. The van der Waals surface area contributed by atoms with Gasteiger partial charge in [-0.25, -0.2) is 9.78 Å². The Labute approximate surface area is 186 Å². The van der Waals surface area contributed by atoms with E-state index in [0.717, 1.165) is 25.7 Å². The van der Waals surface area contributed by atoms with Crippen LogP contribution in [0.3, 0.4) is 0 Å². The van der Waals surface area contributed by atoms with E-state index < -0.39 is 12.1 Å². The molecule has 31 heavy (non-hydrogen) atoms. The molecule has 9 heteroatoms. The molecule has 1 aromatic heterocycles. The molecule has 0 bridgehead atoms. The molecular formula is C22H28N2O6S. The molecular weight excluding hydrogens is 420 g/mol. The van der Waals surface area contributed by atoms with Crippen LogP contribution in [0.15, 0.2) is 23.7 Å². The van der Waals surface area contributed by atoms with E-state index in [0.29, 0.717) is 22.4 Å². The Bertz CT molecular complexity index is 870. The standard InChI is InChI=1S/C22H28N2O6S/c1-14(20(25)24(22-23-10-11-31-22)16-8-6-5-7-9-16)30-21(26)15-12-17(27-2)19(29-4)18(13-15)28-3/h10-14,16H,5-9H2,1-4H3/t14-/m1/s1. The maximum atomic E-state index is 13.3. The third-order valence-corrected chi connectivity index (χ3v) is 6.11. The van der Waals surface area contributed by atoms with Gasteiger partial charge in [0.2, 0.25) is 5.75 Å². The number of ether oxygens (including phenoxy) is 4. The second kappa shape index (κ2) is 10.5. The molecule has 0 saturated heterocycles. The predicted octanol–water partition coefficient (Wildman–Crippen LogP) is 4.08. The minimum Gasteiger partial charge on any atom is -0.493 e. The first-order valence-corrected chi connectivity index (χ1v) is 11.1. The fourth-order valence-electron chi connectivity index (χ4n) is 3.78. The zero-order valence-corrected chi connectivity index (χ0v) is 19.1. The van der Waals surface area contributed by atoms with Gasteiger partial charge in [-0.2, -0.15) is 0 Å². The Kier molecular flexibility index (Phi) is 7.73. The monoisotopic (exact) mass is 448 g/mol. The average Bonchev–Trinajstić information content (AvgIpc) is 3.32. The van der Waals surface area contributed by atoms with Gasteiger partial charge in [0.15, 0.2) is 22.7 Å². The highest BCUT2D eigenvalue weighted by Crippen LogP contribution is 2.38. The van der Waals surface area contributed by atoms with E-state index in [-0.39, 0.29) is 17.5 Å². The lowest BCUT2D eigenvalue weighted by Gasteiger charge is -2.33. The highest BCUT2D eigenvalue weighted by Gasteiger charge is 2.33. The van der Waals surface area contributed by atoms with Crippen LogP contribution in [0.2, 0.25) is 0 Å². The number of nitrogens with zero attached hydrogens (tertiary/aromatic N) is 2. The van der Waals surface area contributed by atoms with Gasteiger partial charge in [-0.05, 0) is 31.9 Å². The molecule has 1 aromatic carbocycles. The van der Waals surface area contributed by atoms with Crippen LogP contribution < -0.4 is 19.1 Å². The number of methoxy groups -OCH3 is 3. The smallest absolute Gasteiger partial charge is 0.339 e. The number of aromatic nitrogens is 1. The molecule has 1 saturated carbocycles. The SMILES string of the molecule is COc1cc(C(=O)O[C@H](C)C(=O)N(c2nccs2)C2CCCCC2)cc(OC)c1OC.